The first-order valence-corrected chi connectivity index (χ1v) is 11.9. The summed E-state index contributed by atoms with van der Waals surface area (Å²) >= 11 is 1.93. The van der Waals surface area contributed by atoms with E-state index in [0.717, 1.165) is 25.3 Å². The summed E-state index contributed by atoms with van der Waals surface area (Å²) in [4.78, 5) is 4.48. The number of halogens is 1. The van der Waals surface area contributed by atoms with Crippen LogP contribution in [0.3, 0.4) is 0 Å². The quantitative estimate of drug-likeness (QED) is 0.286. The maximum atomic E-state index is 12.2. The molecule has 1 aliphatic rings. The van der Waals surface area contributed by atoms with Crippen molar-refractivity contribution in [2.45, 2.75) is 57.7 Å². The minimum Gasteiger partial charge on any atom is -0.357 e. The van der Waals surface area contributed by atoms with Crippen LogP contribution in [0.1, 0.15) is 46.5 Å². The number of hydrogen-bond donors (Lipinski definition) is 2. The molecule has 0 saturated heterocycles. The van der Waals surface area contributed by atoms with Crippen LogP contribution in [0.4, 0.5) is 0 Å². The van der Waals surface area contributed by atoms with Gasteiger partial charge in [-0.1, -0.05) is 20.3 Å². The number of guanidine groups is 1. The molecule has 25 heavy (non-hydrogen) atoms. The highest BCUT2D eigenvalue weighted by Gasteiger charge is 2.22. The fourth-order valence-corrected chi connectivity index (χ4v) is 5.22. The molecule has 1 fully saturated rings. The predicted molar refractivity (Wildman–Crippen MR) is 121 cm³/mol. The first-order valence-electron chi connectivity index (χ1n) is 9.02. The van der Waals surface area contributed by atoms with Gasteiger partial charge in [-0.05, 0) is 32.4 Å². The van der Waals surface area contributed by atoms with E-state index >= 15 is 0 Å². The van der Waals surface area contributed by atoms with Gasteiger partial charge in [0.25, 0.3) is 0 Å². The van der Waals surface area contributed by atoms with Gasteiger partial charge in [0.15, 0.2) is 5.96 Å². The van der Waals surface area contributed by atoms with Gasteiger partial charge in [-0.15, -0.1) is 24.0 Å². The lowest BCUT2D eigenvalue weighted by molar-refractivity contribution is 0.419. The predicted octanol–water partition coefficient (Wildman–Crippen LogP) is 2.51. The van der Waals surface area contributed by atoms with E-state index in [1.165, 1.54) is 17.1 Å². The van der Waals surface area contributed by atoms with Gasteiger partial charge in [0.2, 0.25) is 10.0 Å². The van der Waals surface area contributed by atoms with E-state index in [-0.39, 0.29) is 36.3 Å². The second-order valence-corrected chi connectivity index (χ2v) is 9.25. The minimum atomic E-state index is -3.21. The average molecular weight is 507 g/mol. The Morgan fingerprint density at radius 3 is 2.48 bits per heavy atom. The van der Waals surface area contributed by atoms with Crippen molar-refractivity contribution in [2.24, 2.45) is 4.99 Å². The molecule has 0 aromatic heterocycles. The van der Waals surface area contributed by atoms with E-state index in [1.807, 2.05) is 32.5 Å². The normalized spacial score (nSPS) is 21.7. The molecule has 2 atom stereocenters. The molecule has 0 spiro atoms. The SMILES string of the molecule is CCNC(=NCCS(=O)(=O)N(CC)CC)NC1CCCC(SC)C1.I. The molecule has 0 bridgehead atoms. The van der Waals surface area contributed by atoms with Crippen molar-refractivity contribution in [2.75, 3.05) is 38.2 Å². The summed E-state index contributed by atoms with van der Waals surface area (Å²) in [6.07, 6.45) is 6.99. The van der Waals surface area contributed by atoms with E-state index in [2.05, 4.69) is 21.9 Å². The Labute approximate surface area is 175 Å². The van der Waals surface area contributed by atoms with Crippen LogP contribution in [0.25, 0.3) is 0 Å². The third-order valence-corrected chi connectivity index (χ3v) is 7.46. The molecule has 1 rings (SSSR count). The molecule has 0 aliphatic heterocycles. The van der Waals surface area contributed by atoms with Crippen molar-refractivity contribution < 1.29 is 8.42 Å². The molecule has 0 aromatic rings. The zero-order chi connectivity index (χ0) is 18.0. The van der Waals surface area contributed by atoms with Crippen LogP contribution >= 0.6 is 35.7 Å². The Hall–Kier alpha value is 0.260. The van der Waals surface area contributed by atoms with Gasteiger partial charge in [-0.25, -0.2) is 12.7 Å². The lowest BCUT2D eigenvalue weighted by Gasteiger charge is -2.29. The number of rotatable bonds is 9. The molecule has 0 radical (unpaired) electrons. The maximum Gasteiger partial charge on any atom is 0.215 e. The molecule has 0 aromatic carbocycles. The van der Waals surface area contributed by atoms with Crippen molar-refractivity contribution in [3.8, 4) is 0 Å². The van der Waals surface area contributed by atoms with Crippen molar-refractivity contribution in [3.63, 3.8) is 0 Å². The summed E-state index contributed by atoms with van der Waals surface area (Å²) in [5.41, 5.74) is 0. The zero-order valence-corrected chi connectivity index (χ0v) is 19.9. The van der Waals surface area contributed by atoms with Crippen LogP contribution in [-0.4, -0.2) is 68.2 Å². The Kier molecular flexibility index (Phi) is 13.6. The first-order chi connectivity index (χ1) is 11.5. The Bertz CT molecular complexity index is 485. The van der Waals surface area contributed by atoms with Crippen LogP contribution in [0.2, 0.25) is 0 Å². The summed E-state index contributed by atoms with van der Waals surface area (Å²) in [7, 11) is -3.21. The number of thioether (sulfide) groups is 1. The maximum absolute atomic E-state index is 12.2. The highest BCUT2D eigenvalue weighted by molar-refractivity contribution is 14.0. The van der Waals surface area contributed by atoms with Crippen LogP contribution in [-0.2, 0) is 10.0 Å². The molecule has 150 valence electrons. The fourth-order valence-electron chi connectivity index (χ4n) is 3.02. The number of aliphatic imine (C=N–C) groups is 1. The van der Waals surface area contributed by atoms with E-state index < -0.39 is 10.0 Å². The van der Waals surface area contributed by atoms with Gasteiger partial charge in [0.1, 0.15) is 0 Å². The second kappa shape index (κ2) is 13.4. The highest BCUT2D eigenvalue weighted by Crippen LogP contribution is 2.26. The van der Waals surface area contributed by atoms with Gasteiger partial charge in [-0.2, -0.15) is 11.8 Å². The van der Waals surface area contributed by atoms with Gasteiger partial charge < -0.3 is 10.6 Å². The summed E-state index contributed by atoms with van der Waals surface area (Å²) in [5.74, 6) is 0.794. The van der Waals surface area contributed by atoms with Gasteiger partial charge in [0.05, 0.1) is 12.3 Å². The molecule has 2 unspecified atom stereocenters. The summed E-state index contributed by atoms with van der Waals surface area (Å²) in [6, 6.07) is 0.424. The smallest absolute Gasteiger partial charge is 0.215 e. The summed E-state index contributed by atoms with van der Waals surface area (Å²) < 4.78 is 25.9. The molecule has 0 amide bonds. The van der Waals surface area contributed by atoms with Crippen LogP contribution in [0.5, 0.6) is 0 Å². The fraction of sp³-hybridized carbons (Fsp3) is 0.938. The molecular weight excluding hydrogens is 471 g/mol. The number of nitrogens with zero attached hydrogens (tertiary/aromatic N) is 2. The topological polar surface area (TPSA) is 73.8 Å². The van der Waals surface area contributed by atoms with E-state index in [9.17, 15) is 8.42 Å². The molecular formula is C16H35IN4O2S2. The van der Waals surface area contributed by atoms with Crippen molar-refractivity contribution in [1.29, 1.82) is 0 Å². The molecule has 1 aliphatic carbocycles. The number of hydrogen-bond acceptors (Lipinski definition) is 4. The van der Waals surface area contributed by atoms with Crippen molar-refractivity contribution in [3.05, 3.63) is 0 Å². The molecule has 1 saturated carbocycles. The Balaban J connectivity index is 0.00000576. The monoisotopic (exact) mass is 506 g/mol. The van der Waals surface area contributed by atoms with Crippen LogP contribution in [0.15, 0.2) is 4.99 Å². The van der Waals surface area contributed by atoms with Gasteiger partial charge >= 0.3 is 0 Å². The Morgan fingerprint density at radius 1 is 1.24 bits per heavy atom. The van der Waals surface area contributed by atoms with Crippen molar-refractivity contribution in [1.82, 2.24) is 14.9 Å². The van der Waals surface area contributed by atoms with Gasteiger partial charge in [-0.3, -0.25) is 4.99 Å². The van der Waals surface area contributed by atoms with Crippen molar-refractivity contribution >= 4 is 51.7 Å². The van der Waals surface area contributed by atoms with Crippen LogP contribution in [0, 0.1) is 0 Å². The third kappa shape index (κ3) is 9.14. The first kappa shape index (κ1) is 25.3. The lowest BCUT2D eigenvalue weighted by Crippen LogP contribution is -2.46. The second-order valence-electron chi connectivity index (χ2n) is 6.03. The average Bonchev–Trinajstić information content (AvgIpc) is 2.56. The van der Waals surface area contributed by atoms with Crippen LogP contribution < -0.4 is 10.6 Å². The highest BCUT2D eigenvalue weighted by atomic mass is 127. The molecule has 0 heterocycles. The molecule has 9 heteroatoms. The standard InChI is InChI=1S/C16H34N4O2S2.HI/c1-5-17-16(19-14-9-8-10-15(13-14)23-4)18-11-12-24(21,22)20(6-2)7-3;/h14-15H,5-13H2,1-4H3,(H2,17,18,19);1H. The van der Waals surface area contributed by atoms with E-state index in [1.54, 1.807) is 0 Å². The minimum absolute atomic E-state index is 0. The molecule has 2 N–H and O–H groups in total. The Morgan fingerprint density at radius 2 is 1.92 bits per heavy atom. The lowest BCUT2D eigenvalue weighted by atomic mass is 9.95. The third-order valence-electron chi connectivity index (χ3n) is 4.36. The van der Waals surface area contributed by atoms with E-state index in [4.69, 9.17) is 0 Å². The van der Waals surface area contributed by atoms with E-state index in [0.29, 0.717) is 24.4 Å². The zero-order valence-electron chi connectivity index (χ0n) is 16.0. The largest absolute Gasteiger partial charge is 0.357 e. The number of nitrogens with one attached hydrogen (secondary N) is 2. The summed E-state index contributed by atoms with van der Waals surface area (Å²) in [5, 5.41) is 7.42. The molecule has 6 nitrogen and oxygen atoms in total. The van der Waals surface area contributed by atoms with Gasteiger partial charge in [0, 0.05) is 30.9 Å². The number of sulfonamides is 1. The summed E-state index contributed by atoms with van der Waals surface area (Å²) in [6.45, 7) is 7.83.